The lowest BCUT2D eigenvalue weighted by Gasteiger charge is -2.27. The summed E-state index contributed by atoms with van der Waals surface area (Å²) in [7, 11) is 3.15. The molecular formula is C28H26N4O4. The number of carbonyl (C=O) groups excluding carboxylic acids is 2. The van der Waals surface area contributed by atoms with Crippen molar-refractivity contribution >= 4 is 17.9 Å². The molecule has 4 rings (SSSR count). The number of hydrogen-bond acceptors (Lipinski definition) is 6. The molecule has 0 aliphatic carbocycles. The van der Waals surface area contributed by atoms with Crippen molar-refractivity contribution in [3.8, 4) is 28.8 Å². The van der Waals surface area contributed by atoms with Crippen LogP contribution in [0.4, 0.5) is 0 Å². The Balaban J connectivity index is 1.87. The Morgan fingerprint density at radius 2 is 1.83 bits per heavy atom. The van der Waals surface area contributed by atoms with Gasteiger partial charge in [-0.3, -0.25) is 14.5 Å². The van der Waals surface area contributed by atoms with Gasteiger partial charge in [-0.1, -0.05) is 30.3 Å². The molecule has 182 valence electrons. The Morgan fingerprint density at radius 3 is 2.53 bits per heavy atom. The average Bonchev–Trinajstić information content (AvgIpc) is 3.33. The first-order chi connectivity index (χ1) is 17.5. The second kappa shape index (κ2) is 10.8. The predicted octanol–water partition coefficient (Wildman–Crippen LogP) is 4.18. The highest BCUT2D eigenvalue weighted by molar-refractivity contribution is 6.19. The van der Waals surface area contributed by atoms with Crippen LogP contribution in [-0.2, 0) is 14.3 Å². The fourth-order valence-corrected chi connectivity index (χ4v) is 4.06. The number of imide groups is 1. The van der Waals surface area contributed by atoms with E-state index in [-0.39, 0.29) is 17.7 Å². The molecule has 1 aliphatic rings. The van der Waals surface area contributed by atoms with E-state index in [0.717, 1.165) is 16.2 Å². The van der Waals surface area contributed by atoms with Crippen molar-refractivity contribution in [2.45, 2.75) is 13.3 Å². The molecule has 0 spiro atoms. The van der Waals surface area contributed by atoms with Crippen molar-refractivity contribution in [2.75, 3.05) is 27.4 Å². The third-order valence-corrected chi connectivity index (χ3v) is 5.96. The Bertz CT molecular complexity index is 1400. The van der Waals surface area contributed by atoms with Crippen LogP contribution in [0, 0.1) is 11.3 Å². The van der Waals surface area contributed by atoms with E-state index in [2.05, 4.69) is 0 Å². The number of benzene rings is 2. The molecule has 0 atom stereocenters. The smallest absolute Gasteiger partial charge is 0.271 e. The zero-order valence-corrected chi connectivity index (χ0v) is 20.4. The summed E-state index contributed by atoms with van der Waals surface area (Å²) < 4.78 is 12.2. The summed E-state index contributed by atoms with van der Waals surface area (Å²) in [5.41, 5.74) is 3.53. The van der Waals surface area contributed by atoms with Gasteiger partial charge >= 0.3 is 0 Å². The highest BCUT2D eigenvalue weighted by Crippen LogP contribution is 2.32. The normalized spacial score (nSPS) is 14.9. The van der Waals surface area contributed by atoms with Gasteiger partial charge in [-0.05, 0) is 49.3 Å². The zero-order valence-electron chi connectivity index (χ0n) is 20.4. The van der Waals surface area contributed by atoms with Crippen molar-refractivity contribution in [1.29, 1.82) is 5.26 Å². The third kappa shape index (κ3) is 4.83. The number of ether oxygens (including phenoxy) is 2. The van der Waals surface area contributed by atoms with Crippen molar-refractivity contribution in [1.82, 2.24) is 14.7 Å². The Labute approximate surface area is 209 Å². The summed E-state index contributed by atoms with van der Waals surface area (Å²) >= 11 is 0. The second-order valence-electron chi connectivity index (χ2n) is 8.22. The van der Waals surface area contributed by atoms with E-state index in [4.69, 9.17) is 14.6 Å². The lowest BCUT2D eigenvalue weighted by molar-refractivity contribution is -0.140. The second-order valence-corrected chi connectivity index (χ2v) is 8.22. The topological polar surface area (TPSA) is 97.5 Å². The third-order valence-electron chi connectivity index (χ3n) is 5.96. The molecule has 3 aromatic rings. The number of aromatic nitrogens is 2. The summed E-state index contributed by atoms with van der Waals surface area (Å²) in [5, 5.41) is 14.5. The van der Waals surface area contributed by atoms with Crippen LogP contribution < -0.4 is 4.74 Å². The van der Waals surface area contributed by atoms with Crippen LogP contribution in [0.3, 0.4) is 0 Å². The fraction of sp³-hybridized carbons (Fsp3) is 0.214. The molecule has 0 bridgehead atoms. The maximum atomic E-state index is 13.4. The Morgan fingerprint density at radius 1 is 1.06 bits per heavy atom. The number of amides is 2. The van der Waals surface area contributed by atoms with E-state index in [1.807, 2.05) is 66.9 Å². The molecule has 36 heavy (non-hydrogen) atoms. The molecule has 8 heteroatoms. The summed E-state index contributed by atoms with van der Waals surface area (Å²) in [4.78, 5) is 27.4. The number of para-hydroxylation sites is 1. The molecule has 0 fully saturated rings. The minimum Gasteiger partial charge on any atom is -0.497 e. The van der Waals surface area contributed by atoms with Gasteiger partial charge in [0.1, 0.15) is 23.1 Å². The van der Waals surface area contributed by atoms with Crippen molar-refractivity contribution < 1.29 is 19.1 Å². The van der Waals surface area contributed by atoms with Crippen molar-refractivity contribution in [3.05, 3.63) is 83.1 Å². The van der Waals surface area contributed by atoms with Gasteiger partial charge in [-0.25, -0.2) is 4.68 Å². The maximum absolute atomic E-state index is 13.4. The van der Waals surface area contributed by atoms with Crippen LogP contribution in [0.5, 0.6) is 5.75 Å². The molecule has 1 aliphatic heterocycles. The number of nitriles is 1. The van der Waals surface area contributed by atoms with E-state index in [1.54, 1.807) is 31.9 Å². The van der Waals surface area contributed by atoms with E-state index < -0.39 is 11.8 Å². The van der Waals surface area contributed by atoms with Crippen molar-refractivity contribution in [2.24, 2.45) is 0 Å². The molecule has 0 radical (unpaired) electrons. The van der Waals surface area contributed by atoms with E-state index >= 15 is 0 Å². The minimum atomic E-state index is -0.582. The molecule has 0 unspecified atom stereocenters. The van der Waals surface area contributed by atoms with Crippen molar-refractivity contribution in [3.63, 3.8) is 0 Å². The standard InChI is InChI=1S/C28H26N4O4/c1-19-24(27(33)31(13-8-14-35-2)28(34)25(19)17-29)16-21-18-32(22-10-5-4-6-11-22)30-26(21)20-9-7-12-23(15-20)36-3/h4-7,9-12,15-16,18H,8,13-14H2,1-3H3/b24-16+. The SMILES string of the molecule is COCCCN1C(=O)C(C#N)=C(C)/C(=C\c2cn(-c3ccccc3)nc2-c2cccc(OC)c2)C1=O. The first-order valence-corrected chi connectivity index (χ1v) is 11.5. The van der Waals surface area contributed by atoms with Crippen LogP contribution in [0.2, 0.25) is 0 Å². The Kier molecular flexibility index (Phi) is 7.42. The fourth-order valence-electron chi connectivity index (χ4n) is 4.06. The van der Waals surface area contributed by atoms with E-state index in [1.165, 1.54) is 0 Å². The molecule has 8 nitrogen and oxygen atoms in total. The van der Waals surface area contributed by atoms with Crippen LogP contribution in [0.25, 0.3) is 23.0 Å². The monoisotopic (exact) mass is 482 g/mol. The van der Waals surface area contributed by atoms with Crippen LogP contribution in [0.15, 0.2) is 77.5 Å². The lowest BCUT2D eigenvalue weighted by atomic mass is 9.93. The number of hydrogen-bond donors (Lipinski definition) is 0. The van der Waals surface area contributed by atoms with Gasteiger partial charge in [-0.15, -0.1) is 0 Å². The first-order valence-electron chi connectivity index (χ1n) is 11.5. The zero-order chi connectivity index (χ0) is 25.7. The average molecular weight is 483 g/mol. The van der Waals surface area contributed by atoms with Gasteiger partial charge in [0.2, 0.25) is 0 Å². The molecule has 0 N–H and O–H groups in total. The summed E-state index contributed by atoms with van der Waals surface area (Å²) in [6.45, 7) is 2.18. The molecule has 2 amide bonds. The van der Waals surface area contributed by atoms with Gasteiger partial charge in [0, 0.05) is 43.2 Å². The highest BCUT2D eigenvalue weighted by atomic mass is 16.5. The molecule has 2 aromatic carbocycles. The van der Waals surface area contributed by atoms with Gasteiger partial charge in [0.05, 0.1) is 12.8 Å². The first kappa shape index (κ1) is 24.6. The van der Waals surface area contributed by atoms with Crippen LogP contribution in [-0.4, -0.2) is 53.9 Å². The van der Waals surface area contributed by atoms with Gasteiger partial charge in [-0.2, -0.15) is 10.4 Å². The van der Waals surface area contributed by atoms with E-state index in [0.29, 0.717) is 35.6 Å². The maximum Gasteiger partial charge on any atom is 0.271 e. The van der Waals surface area contributed by atoms with Gasteiger partial charge < -0.3 is 9.47 Å². The number of methoxy groups -OCH3 is 2. The number of rotatable bonds is 8. The highest BCUT2D eigenvalue weighted by Gasteiger charge is 2.35. The molecule has 2 heterocycles. The lowest BCUT2D eigenvalue weighted by Crippen LogP contribution is -2.43. The molecular weight excluding hydrogens is 456 g/mol. The molecule has 1 aromatic heterocycles. The van der Waals surface area contributed by atoms with Gasteiger partial charge in [0.15, 0.2) is 0 Å². The number of carbonyl (C=O) groups is 2. The largest absolute Gasteiger partial charge is 0.497 e. The molecule has 0 saturated carbocycles. The predicted molar refractivity (Wildman–Crippen MR) is 135 cm³/mol. The minimum absolute atomic E-state index is 0.0448. The Hall–Kier alpha value is -4.48. The van der Waals surface area contributed by atoms with Gasteiger partial charge in [0.25, 0.3) is 11.8 Å². The van der Waals surface area contributed by atoms with Crippen LogP contribution in [0.1, 0.15) is 18.9 Å². The van der Waals surface area contributed by atoms with E-state index in [9.17, 15) is 14.9 Å². The summed E-state index contributed by atoms with van der Waals surface area (Å²) in [6, 6.07) is 19.1. The summed E-state index contributed by atoms with van der Waals surface area (Å²) in [5.74, 6) is -0.357. The molecule has 0 saturated heterocycles. The summed E-state index contributed by atoms with van der Waals surface area (Å²) in [6.07, 6.45) is 4.00. The number of nitrogens with zero attached hydrogens (tertiary/aromatic N) is 4. The van der Waals surface area contributed by atoms with Crippen LogP contribution >= 0.6 is 0 Å². The quantitative estimate of drug-likeness (QED) is 0.271.